The molecule has 0 fully saturated rings. The highest BCUT2D eigenvalue weighted by Crippen LogP contribution is 2.29. The molecule has 0 saturated heterocycles. The summed E-state index contributed by atoms with van der Waals surface area (Å²) in [5, 5.41) is 3.33. The van der Waals surface area contributed by atoms with Crippen LogP contribution >= 0.6 is 0 Å². The quantitative estimate of drug-likeness (QED) is 0.799. The van der Waals surface area contributed by atoms with Gasteiger partial charge in [-0.3, -0.25) is 0 Å². The molecule has 0 bridgehead atoms. The Morgan fingerprint density at radius 3 is 2.62 bits per heavy atom. The zero-order valence-electron chi connectivity index (χ0n) is 12.9. The van der Waals surface area contributed by atoms with Gasteiger partial charge in [-0.2, -0.15) is 0 Å². The lowest BCUT2D eigenvalue weighted by atomic mass is 9.97. The normalized spacial score (nSPS) is 10.7. The van der Waals surface area contributed by atoms with E-state index in [4.69, 9.17) is 4.74 Å². The van der Waals surface area contributed by atoms with E-state index in [1.54, 1.807) is 13.2 Å². The molecule has 1 N–H and O–H groups in total. The maximum absolute atomic E-state index is 13.5. The molecule has 0 atom stereocenters. The Labute approximate surface area is 126 Å². The van der Waals surface area contributed by atoms with Crippen LogP contribution in [0.3, 0.4) is 0 Å². The van der Waals surface area contributed by atoms with Crippen LogP contribution in [0.25, 0.3) is 11.1 Å². The van der Waals surface area contributed by atoms with Crippen molar-refractivity contribution < 1.29 is 9.13 Å². The van der Waals surface area contributed by atoms with Crippen molar-refractivity contribution in [3.05, 3.63) is 53.3 Å². The van der Waals surface area contributed by atoms with Crippen molar-refractivity contribution in [2.24, 2.45) is 0 Å². The van der Waals surface area contributed by atoms with Gasteiger partial charge in [-0.25, -0.2) is 4.39 Å². The molecule has 0 saturated carbocycles. The fourth-order valence-electron chi connectivity index (χ4n) is 2.44. The van der Waals surface area contributed by atoms with E-state index >= 15 is 0 Å². The van der Waals surface area contributed by atoms with Crippen molar-refractivity contribution in [1.82, 2.24) is 5.32 Å². The summed E-state index contributed by atoms with van der Waals surface area (Å²) in [5.74, 6) is 0.670. The molecule has 0 spiro atoms. The maximum atomic E-state index is 13.5. The predicted molar refractivity (Wildman–Crippen MR) is 85.1 cm³/mol. The monoisotopic (exact) mass is 287 g/mol. The number of hydrogen-bond donors (Lipinski definition) is 1. The standard InChI is InChI=1S/C18H22FNO/c1-4-9-20-12-15-11-16(19)6-7-17(15)14-5-8-18(21-3)13(2)10-14/h5-8,10-11,20H,4,9,12H2,1-3H3. The van der Waals surface area contributed by atoms with Crippen molar-refractivity contribution in [3.63, 3.8) is 0 Å². The van der Waals surface area contributed by atoms with Gasteiger partial charge in [0, 0.05) is 6.54 Å². The molecule has 2 rings (SSSR count). The van der Waals surface area contributed by atoms with Gasteiger partial charge in [0.2, 0.25) is 0 Å². The van der Waals surface area contributed by atoms with Gasteiger partial charge >= 0.3 is 0 Å². The van der Waals surface area contributed by atoms with E-state index in [0.29, 0.717) is 6.54 Å². The Kier molecular flexibility index (Phi) is 5.34. The van der Waals surface area contributed by atoms with Crippen molar-refractivity contribution in [3.8, 4) is 16.9 Å². The Morgan fingerprint density at radius 2 is 1.95 bits per heavy atom. The number of hydrogen-bond acceptors (Lipinski definition) is 2. The smallest absolute Gasteiger partial charge is 0.123 e. The zero-order valence-corrected chi connectivity index (χ0v) is 12.9. The predicted octanol–water partition coefficient (Wildman–Crippen LogP) is 4.31. The number of rotatable bonds is 6. The van der Waals surface area contributed by atoms with E-state index in [9.17, 15) is 4.39 Å². The first-order chi connectivity index (χ1) is 10.2. The third-order valence-corrected chi connectivity index (χ3v) is 3.52. The zero-order chi connectivity index (χ0) is 15.2. The second kappa shape index (κ2) is 7.23. The van der Waals surface area contributed by atoms with E-state index in [-0.39, 0.29) is 5.82 Å². The summed E-state index contributed by atoms with van der Waals surface area (Å²) in [6.45, 7) is 5.73. The Bertz CT molecular complexity index is 610. The molecular weight excluding hydrogens is 265 g/mol. The highest BCUT2D eigenvalue weighted by atomic mass is 19.1. The van der Waals surface area contributed by atoms with Gasteiger partial charge in [-0.05, 0) is 66.4 Å². The lowest BCUT2D eigenvalue weighted by molar-refractivity contribution is 0.412. The third-order valence-electron chi connectivity index (χ3n) is 3.52. The van der Waals surface area contributed by atoms with Crippen LogP contribution < -0.4 is 10.1 Å². The minimum atomic E-state index is -0.197. The summed E-state index contributed by atoms with van der Waals surface area (Å²) in [6.07, 6.45) is 1.06. The summed E-state index contributed by atoms with van der Waals surface area (Å²) in [7, 11) is 1.67. The molecule has 2 nitrogen and oxygen atoms in total. The number of halogens is 1. The molecule has 0 unspecified atom stereocenters. The molecule has 0 aliphatic heterocycles. The maximum Gasteiger partial charge on any atom is 0.123 e. The van der Waals surface area contributed by atoms with Crippen LogP contribution in [-0.2, 0) is 6.54 Å². The van der Waals surface area contributed by atoms with E-state index in [2.05, 4.69) is 18.3 Å². The summed E-state index contributed by atoms with van der Waals surface area (Å²) in [4.78, 5) is 0. The molecule has 0 aliphatic carbocycles. The molecule has 0 aliphatic rings. The number of methoxy groups -OCH3 is 1. The third kappa shape index (κ3) is 3.82. The Balaban J connectivity index is 2.35. The summed E-state index contributed by atoms with van der Waals surface area (Å²) >= 11 is 0. The highest BCUT2D eigenvalue weighted by molar-refractivity contribution is 5.69. The largest absolute Gasteiger partial charge is 0.496 e. The highest BCUT2D eigenvalue weighted by Gasteiger charge is 2.08. The molecule has 2 aromatic carbocycles. The van der Waals surface area contributed by atoms with E-state index in [0.717, 1.165) is 41.0 Å². The first-order valence-corrected chi connectivity index (χ1v) is 7.30. The minimum Gasteiger partial charge on any atom is -0.496 e. The second-order valence-corrected chi connectivity index (χ2v) is 5.16. The fourth-order valence-corrected chi connectivity index (χ4v) is 2.44. The molecule has 0 radical (unpaired) electrons. The van der Waals surface area contributed by atoms with Crippen LogP contribution in [0, 0.1) is 12.7 Å². The van der Waals surface area contributed by atoms with E-state index < -0.39 is 0 Å². The molecule has 112 valence electrons. The SMILES string of the molecule is CCCNCc1cc(F)ccc1-c1ccc(OC)c(C)c1. The van der Waals surface area contributed by atoms with E-state index in [1.165, 1.54) is 6.07 Å². The molecule has 3 heteroatoms. The average molecular weight is 287 g/mol. The van der Waals surface area contributed by atoms with Crippen LogP contribution in [0.15, 0.2) is 36.4 Å². The van der Waals surface area contributed by atoms with Crippen molar-refractivity contribution in [1.29, 1.82) is 0 Å². The average Bonchev–Trinajstić information content (AvgIpc) is 2.47. The van der Waals surface area contributed by atoms with Crippen LogP contribution in [0.2, 0.25) is 0 Å². The van der Waals surface area contributed by atoms with Gasteiger partial charge in [0.25, 0.3) is 0 Å². The lowest BCUT2D eigenvalue weighted by Crippen LogP contribution is -2.14. The lowest BCUT2D eigenvalue weighted by Gasteiger charge is -2.13. The topological polar surface area (TPSA) is 21.3 Å². The van der Waals surface area contributed by atoms with Gasteiger partial charge < -0.3 is 10.1 Å². The second-order valence-electron chi connectivity index (χ2n) is 5.16. The van der Waals surface area contributed by atoms with Crippen LogP contribution in [0.5, 0.6) is 5.75 Å². The van der Waals surface area contributed by atoms with Crippen LogP contribution in [-0.4, -0.2) is 13.7 Å². The molecule has 0 amide bonds. The van der Waals surface area contributed by atoms with Gasteiger partial charge in [-0.1, -0.05) is 19.1 Å². The number of nitrogens with one attached hydrogen (secondary N) is 1. The minimum absolute atomic E-state index is 0.197. The van der Waals surface area contributed by atoms with Gasteiger partial charge in [0.1, 0.15) is 11.6 Å². The molecule has 2 aromatic rings. The first kappa shape index (κ1) is 15.5. The summed E-state index contributed by atoms with van der Waals surface area (Å²) < 4.78 is 18.8. The van der Waals surface area contributed by atoms with Gasteiger partial charge in [0.05, 0.1) is 7.11 Å². The van der Waals surface area contributed by atoms with E-state index in [1.807, 2.05) is 25.1 Å². The van der Waals surface area contributed by atoms with Crippen LogP contribution in [0.1, 0.15) is 24.5 Å². The van der Waals surface area contributed by atoms with Crippen molar-refractivity contribution in [2.45, 2.75) is 26.8 Å². The summed E-state index contributed by atoms with van der Waals surface area (Å²) in [6, 6.07) is 11.0. The van der Waals surface area contributed by atoms with Crippen LogP contribution in [0.4, 0.5) is 4.39 Å². The fraction of sp³-hybridized carbons (Fsp3) is 0.333. The molecular formula is C18H22FNO. The van der Waals surface area contributed by atoms with Gasteiger partial charge in [0.15, 0.2) is 0 Å². The number of aryl methyl sites for hydroxylation is 1. The molecule has 0 heterocycles. The van der Waals surface area contributed by atoms with Gasteiger partial charge in [-0.15, -0.1) is 0 Å². The number of benzene rings is 2. The number of ether oxygens (including phenoxy) is 1. The van der Waals surface area contributed by atoms with Crippen molar-refractivity contribution in [2.75, 3.05) is 13.7 Å². The molecule has 0 aromatic heterocycles. The Morgan fingerprint density at radius 1 is 1.14 bits per heavy atom. The summed E-state index contributed by atoms with van der Waals surface area (Å²) in [5.41, 5.74) is 4.20. The Hall–Kier alpha value is -1.87. The van der Waals surface area contributed by atoms with Crippen molar-refractivity contribution >= 4 is 0 Å². The molecule has 21 heavy (non-hydrogen) atoms. The first-order valence-electron chi connectivity index (χ1n) is 7.30.